The molecule has 2 N–H and O–H groups in total. The molecular weight excluding hydrogens is 255 g/mol. The largest absolute Gasteiger partial charge is 0.396 e. The van der Waals surface area contributed by atoms with Gasteiger partial charge in [0.15, 0.2) is 0 Å². The van der Waals surface area contributed by atoms with Crippen molar-refractivity contribution in [2.24, 2.45) is 5.92 Å². The monoisotopic (exact) mass is 278 g/mol. The van der Waals surface area contributed by atoms with Gasteiger partial charge < -0.3 is 15.3 Å². The van der Waals surface area contributed by atoms with Gasteiger partial charge in [0.25, 0.3) is 0 Å². The number of benzene rings is 1. The molecule has 0 amide bonds. The fourth-order valence-corrected chi connectivity index (χ4v) is 2.71. The van der Waals surface area contributed by atoms with Crippen molar-refractivity contribution in [2.45, 2.75) is 25.4 Å². The van der Waals surface area contributed by atoms with E-state index in [1.165, 1.54) is 6.07 Å². The SMILES string of the molecule is C[C@H](N[C@@H]1C=C[C@H](CO)C1)c1ccc(F)cc1N(C)C. The fourth-order valence-electron chi connectivity index (χ4n) is 2.71. The second-order valence-corrected chi connectivity index (χ2v) is 5.66. The molecule has 0 aliphatic heterocycles. The van der Waals surface area contributed by atoms with Crippen LogP contribution in [0.25, 0.3) is 0 Å². The molecule has 110 valence electrons. The molecule has 4 heteroatoms. The summed E-state index contributed by atoms with van der Waals surface area (Å²) >= 11 is 0. The van der Waals surface area contributed by atoms with Gasteiger partial charge in [-0.25, -0.2) is 4.39 Å². The minimum absolute atomic E-state index is 0.125. The molecule has 0 radical (unpaired) electrons. The maximum absolute atomic E-state index is 13.4. The van der Waals surface area contributed by atoms with E-state index in [0.29, 0.717) is 0 Å². The predicted octanol–water partition coefficient (Wildman–Crippen LogP) is 2.48. The molecule has 1 aromatic carbocycles. The van der Waals surface area contributed by atoms with Crippen molar-refractivity contribution in [1.82, 2.24) is 5.32 Å². The lowest BCUT2D eigenvalue weighted by Gasteiger charge is -2.25. The summed E-state index contributed by atoms with van der Waals surface area (Å²) in [5.74, 6) is 0.0343. The van der Waals surface area contributed by atoms with Gasteiger partial charge >= 0.3 is 0 Å². The van der Waals surface area contributed by atoms with Crippen LogP contribution < -0.4 is 10.2 Å². The summed E-state index contributed by atoms with van der Waals surface area (Å²) in [6, 6.07) is 5.29. The Morgan fingerprint density at radius 2 is 2.15 bits per heavy atom. The number of nitrogens with one attached hydrogen (secondary N) is 1. The summed E-state index contributed by atoms with van der Waals surface area (Å²) in [5.41, 5.74) is 1.97. The van der Waals surface area contributed by atoms with Crippen LogP contribution in [0.3, 0.4) is 0 Å². The molecular formula is C16H23FN2O. The third kappa shape index (κ3) is 3.38. The van der Waals surface area contributed by atoms with Crippen LogP contribution in [0.5, 0.6) is 0 Å². The van der Waals surface area contributed by atoms with E-state index in [4.69, 9.17) is 5.11 Å². The van der Waals surface area contributed by atoms with E-state index < -0.39 is 0 Å². The van der Waals surface area contributed by atoms with Crippen molar-refractivity contribution in [1.29, 1.82) is 0 Å². The molecule has 0 saturated carbocycles. The summed E-state index contributed by atoms with van der Waals surface area (Å²) in [6.45, 7) is 2.28. The maximum Gasteiger partial charge on any atom is 0.125 e. The Kier molecular flexibility index (Phi) is 4.78. The van der Waals surface area contributed by atoms with E-state index >= 15 is 0 Å². The molecule has 3 nitrogen and oxygen atoms in total. The van der Waals surface area contributed by atoms with Gasteiger partial charge in [0.2, 0.25) is 0 Å². The summed E-state index contributed by atoms with van der Waals surface area (Å²) in [7, 11) is 3.84. The van der Waals surface area contributed by atoms with Crippen molar-refractivity contribution >= 4 is 5.69 Å². The Bertz CT molecular complexity index is 487. The molecule has 1 aromatic rings. The Morgan fingerprint density at radius 3 is 2.75 bits per heavy atom. The third-order valence-electron chi connectivity index (χ3n) is 3.81. The number of rotatable bonds is 5. The van der Waals surface area contributed by atoms with Crippen LogP contribution in [-0.4, -0.2) is 31.9 Å². The first kappa shape index (κ1) is 15.0. The zero-order valence-corrected chi connectivity index (χ0v) is 12.3. The molecule has 0 fully saturated rings. The molecule has 0 heterocycles. The maximum atomic E-state index is 13.4. The van der Waals surface area contributed by atoms with Crippen LogP contribution in [0.1, 0.15) is 24.9 Å². The highest BCUT2D eigenvalue weighted by Crippen LogP contribution is 2.28. The number of aliphatic hydroxyl groups excluding tert-OH is 1. The molecule has 0 unspecified atom stereocenters. The van der Waals surface area contributed by atoms with Crippen LogP contribution in [0.2, 0.25) is 0 Å². The average Bonchev–Trinajstić information content (AvgIpc) is 2.86. The van der Waals surface area contributed by atoms with Crippen molar-refractivity contribution in [3.8, 4) is 0 Å². The molecule has 3 atom stereocenters. The van der Waals surface area contributed by atoms with Crippen LogP contribution in [-0.2, 0) is 0 Å². The molecule has 0 aromatic heterocycles. The number of hydrogen-bond donors (Lipinski definition) is 2. The Balaban J connectivity index is 2.10. The highest BCUT2D eigenvalue weighted by molar-refractivity contribution is 5.54. The van der Waals surface area contributed by atoms with Crippen LogP contribution in [0.15, 0.2) is 30.4 Å². The van der Waals surface area contributed by atoms with Gasteiger partial charge in [0.1, 0.15) is 5.82 Å². The van der Waals surface area contributed by atoms with Crippen molar-refractivity contribution in [2.75, 3.05) is 25.6 Å². The zero-order chi connectivity index (χ0) is 14.7. The highest BCUT2D eigenvalue weighted by atomic mass is 19.1. The van der Waals surface area contributed by atoms with Crippen LogP contribution in [0, 0.1) is 11.7 Å². The Hall–Kier alpha value is -1.39. The first-order chi connectivity index (χ1) is 9.51. The van der Waals surface area contributed by atoms with Gasteiger partial charge in [-0.1, -0.05) is 18.2 Å². The van der Waals surface area contributed by atoms with E-state index in [-0.39, 0.29) is 30.4 Å². The Morgan fingerprint density at radius 1 is 1.40 bits per heavy atom. The van der Waals surface area contributed by atoms with Crippen LogP contribution in [0.4, 0.5) is 10.1 Å². The van der Waals surface area contributed by atoms with Gasteiger partial charge in [-0.15, -0.1) is 0 Å². The van der Waals surface area contributed by atoms with Crippen LogP contribution >= 0.6 is 0 Å². The summed E-state index contributed by atoms with van der Waals surface area (Å²) in [4.78, 5) is 1.93. The topological polar surface area (TPSA) is 35.5 Å². The molecule has 0 spiro atoms. The fraction of sp³-hybridized carbons (Fsp3) is 0.500. The normalized spacial score (nSPS) is 23.1. The van der Waals surface area contributed by atoms with Gasteiger partial charge in [-0.3, -0.25) is 0 Å². The summed E-state index contributed by atoms with van der Waals surface area (Å²) < 4.78 is 13.4. The Labute approximate surface area is 120 Å². The number of anilines is 1. The van der Waals surface area contributed by atoms with E-state index in [9.17, 15) is 4.39 Å². The minimum atomic E-state index is -0.217. The van der Waals surface area contributed by atoms with Gasteiger partial charge in [0.05, 0.1) is 0 Å². The molecule has 0 bridgehead atoms. The molecule has 20 heavy (non-hydrogen) atoms. The second kappa shape index (κ2) is 6.37. The smallest absolute Gasteiger partial charge is 0.125 e. The van der Waals surface area contributed by atoms with E-state index in [1.54, 1.807) is 6.07 Å². The van der Waals surface area contributed by atoms with Crippen molar-refractivity contribution in [3.63, 3.8) is 0 Å². The number of halogens is 1. The lowest BCUT2D eigenvalue weighted by molar-refractivity contribution is 0.245. The first-order valence-corrected chi connectivity index (χ1v) is 7.03. The zero-order valence-electron chi connectivity index (χ0n) is 12.3. The lowest BCUT2D eigenvalue weighted by atomic mass is 10.0. The number of aliphatic hydroxyl groups is 1. The molecule has 0 saturated heterocycles. The standard InChI is InChI=1S/C16H23FN2O/c1-11(18-14-6-4-12(8-14)10-20)15-7-5-13(17)9-16(15)19(2)3/h4-7,9,11-12,14,18,20H,8,10H2,1-3H3/t11-,12-,14+/m0/s1. The van der Waals surface area contributed by atoms with Crippen molar-refractivity contribution in [3.05, 3.63) is 41.7 Å². The predicted molar refractivity (Wildman–Crippen MR) is 80.4 cm³/mol. The molecule has 1 aliphatic rings. The highest BCUT2D eigenvalue weighted by Gasteiger charge is 2.21. The van der Waals surface area contributed by atoms with E-state index in [2.05, 4.69) is 24.4 Å². The van der Waals surface area contributed by atoms with E-state index in [0.717, 1.165) is 17.7 Å². The summed E-state index contributed by atoms with van der Waals surface area (Å²) in [5, 5.41) is 12.7. The lowest BCUT2D eigenvalue weighted by Crippen LogP contribution is -2.30. The van der Waals surface area contributed by atoms with E-state index in [1.807, 2.05) is 25.1 Å². The first-order valence-electron chi connectivity index (χ1n) is 7.03. The number of hydrogen-bond acceptors (Lipinski definition) is 3. The number of nitrogens with zero attached hydrogens (tertiary/aromatic N) is 1. The van der Waals surface area contributed by atoms with Gasteiger partial charge in [0, 0.05) is 44.4 Å². The molecule has 1 aliphatic carbocycles. The third-order valence-corrected chi connectivity index (χ3v) is 3.81. The minimum Gasteiger partial charge on any atom is -0.396 e. The second-order valence-electron chi connectivity index (χ2n) is 5.66. The average molecular weight is 278 g/mol. The van der Waals surface area contributed by atoms with Crippen molar-refractivity contribution < 1.29 is 9.50 Å². The molecule has 2 rings (SSSR count). The quantitative estimate of drug-likeness (QED) is 0.812. The summed E-state index contributed by atoms with van der Waals surface area (Å²) in [6.07, 6.45) is 5.08. The van der Waals surface area contributed by atoms with Gasteiger partial charge in [-0.05, 0) is 31.0 Å². The van der Waals surface area contributed by atoms with Gasteiger partial charge in [-0.2, -0.15) is 0 Å².